The highest BCUT2D eigenvalue weighted by molar-refractivity contribution is 5.93. The number of hydrazine groups is 1. The number of rotatable bonds is 2. The lowest BCUT2D eigenvalue weighted by atomic mass is 10.0. The summed E-state index contributed by atoms with van der Waals surface area (Å²) in [5, 5.41) is 16.9. The first-order valence-electron chi connectivity index (χ1n) is 7.58. The minimum atomic E-state index is -0.974. The predicted molar refractivity (Wildman–Crippen MR) is 85.1 cm³/mol. The highest BCUT2D eigenvalue weighted by atomic mass is 16.4. The Balaban J connectivity index is 2.53. The molecule has 0 aromatic carbocycles. The van der Waals surface area contributed by atoms with E-state index >= 15 is 0 Å². The van der Waals surface area contributed by atoms with Gasteiger partial charge in [0.1, 0.15) is 0 Å². The molecule has 0 aliphatic carbocycles. The zero-order valence-electron chi connectivity index (χ0n) is 14.6. The third-order valence-electron chi connectivity index (χ3n) is 4.06. The molecule has 2 amide bonds. The number of carboxylic acid groups (broad SMARTS) is 1. The smallest absolute Gasteiger partial charge is 0.407 e. The van der Waals surface area contributed by atoms with Gasteiger partial charge in [0.15, 0.2) is 5.69 Å². The molecule has 0 atom stereocenters. The van der Waals surface area contributed by atoms with Gasteiger partial charge in [0, 0.05) is 45.4 Å². The molecule has 23 heavy (non-hydrogen) atoms. The Morgan fingerprint density at radius 2 is 1.83 bits per heavy atom. The van der Waals surface area contributed by atoms with E-state index in [0.29, 0.717) is 24.2 Å². The second kappa shape index (κ2) is 5.84. The molecule has 0 bridgehead atoms. The van der Waals surface area contributed by atoms with Crippen LogP contribution < -0.4 is 0 Å². The summed E-state index contributed by atoms with van der Waals surface area (Å²) < 4.78 is 1.86. The first-order chi connectivity index (χ1) is 10.5. The van der Waals surface area contributed by atoms with Crippen molar-refractivity contribution in [2.24, 2.45) is 0 Å². The van der Waals surface area contributed by atoms with Crippen LogP contribution >= 0.6 is 0 Å². The number of fused-ring (bicyclic) bond motifs is 1. The van der Waals surface area contributed by atoms with Crippen LogP contribution in [0.5, 0.6) is 0 Å². The molecule has 0 saturated heterocycles. The fourth-order valence-corrected chi connectivity index (χ4v) is 2.64. The summed E-state index contributed by atoms with van der Waals surface area (Å²) in [7, 11) is 5.21. The van der Waals surface area contributed by atoms with Gasteiger partial charge in [-0.05, 0) is 20.8 Å². The average Bonchev–Trinajstić information content (AvgIpc) is 2.84. The topological polar surface area (TPSA) is 81.9 Å². The van der Waals surface area contributed by atoms with Crippen LogP contribution in [0, 0.1) is 0 Å². The van der Waals surface area contributed by atoms with E-state index in [-0.39, 0.29) is 18.0 Å². The summed E-state index contributed by atoms with van der Waals surface area (Å²) in [4.78, 5) is 25.3. The van der Waals surface area contributed by atoms with E-state index < -0.39 is 6.09 Å². The molecule has 8 heteroatoms. The maximum atomic E-state index is 12.7. The van der Waals surface area contributed by atoms with Gasteiger partial charge in [-0.2, -0.15) is 5.10 Å². The number of hydrogen-bond donors (Lipinski definition) is 1. The van der Waals surface area contributed by atoms with Crippen molar-refractivity contribution >= 4 is 12.0 Å². The zero-order chi connectivity index (χ0) is 17.5. The van der Waals surface area contributed by atoms with Crippen molar-refractivity contribution in [1.82, 2.24) is 24.7 Å². The summed E-state index contributed by atoms with van der Waals surface area (Å²) in [6.07, 6.45) is -0.413. The number of aromatic nitrogens is 2. The molecule has 0 unspecified atom stereocenters. The lowest BCUT2D eigenvalue weighted by molar-refractivity contribution is 0.0331. The van der Waals surface area contributed by atoms with Gasteiger partial charge in [0.05, 0.1) is 12.1 Å². The number of nitrogens with zero attached hydrogens (tertiary/aromatic N) is 5. The largest absolute Gasteiger partial charge is 0.465 e. The Kier molecular flexibility index (Phi) is 4.39. The van der Waals surface area contributed by atoms with E-state index in [2.05, 4.69) is 5.10 Å². The lowest BCUT2D eigenvalue weighted by Crippen LogP contribution is -2.40. The molecule has 2 heterocycles. The summed E-state index contributed by atoms with van der Waals surface area (Å²) in [5.74, 6) is -0.235. The van der Waals surface area contributed by atoms with Gasteiger partial charge in [-0.25, -0.2) is 9.80 Å². The van der Waals surface area contributed by atoms with E-state index in [1.807, 2.05) is 25.5 Å². The maximum absolute atomic E-state index is 12.7. The molecule has 0 radical (unpaired) electrons. The third kappa shape index (κ3) is 3.17. The second-order valence-corrected chi connectivity index (χ2v) is 6.99. The van der Waals surface area contributed by atoms with Gasteiger partial charge in [-0.1, -0.05) is 0 Å². The summed E-state index contributed by atoms with van der Waals surface area (Å²) in [6.45, 7) is 6.68. The Morgan fingerprint density at radius 3 is 2.30 bits per heavy atom. The van der Waals surface area contributed by atoms with Crippen LogP contribution in [-0.2, 0) is 18.5 Å². The monoisotopic (exact) mass is 323 g/mol. The highest BCUT2D eigenvalue weighted by Crippen LogP contribution is 2.28. The summed E-state index contributed by atoms with van der Waals surface area (Å²) >= 11 is 0. The SMILES string of the molecule is CN(C)N(C)C(=O)c1nn(C(C)(C)C)c2c1CN(C(=O)O)CC2. The molecule has 1 aromatic heterocycles. The van der Waals surface area contributed by atoms with Gasteiger partial charge in [-0.15, -0.1) is 0 Å². The fraction of sp³-hybridized carbons (Fsp3) is 0.667. The minimum absolute atomic E-state index is 0.198. The Bertz CT molecular complexity index is 630. The van der Waals surface area contributed by atoms with Crippen LogP contribution in [-0.4, -0.2) is 69.5 Å². The molecular formula is C15H25N5O3. The number of hydrogen-bond acceptors (Lipinski definition) is 4. The molecular weight excluding hydrogens is 298 g/mol. The van der Waals surface area contributed by atoms with Gasteiger partial charge < -0.3 is 10.0 Å². The first-order valence-corrected chi connectivity index (χ1v) is 7.58. The molecule has 128 valence electrons. The van der Waals surface area contributed by atoms with E-state index in [9.17, 15) is 14.7 Å². The van der Waals surface area contributed by atoms with Crippen molar-refractivity contribution in [3.8, 4) is 0 Å². The number of carbonyl (C=O) groups excluding carboxylic acids is 1. The van der Waals surface area contributed by atoms with Gasteiger partial charge in [0.25, 0.3) is 5.91 Å². The quantitative estimate of drug-likeness (QED) is 0.828. The van der Waals surface area contributed by atoms with Crippen molar-refractivity contribution in [2.75, 3.05) is 27.7 Å². The van der Waals surface area contributed by atoms with Crippen LogP contribution in [0.1, 0.15) is 42.5 Å². The van der Waals surface area contributed by atoms with Crippen LogP contribution in [0.3, 0.4) is 0 Å². The van der Waals surface area contributed by atoms with Crippen molar-refractivity contribution in [3.63, 3.8) is 0 Å². The molecule has 0 fully saturated rings. The Morgan fingerprint density at radius 1 is 1.22 bits per heavy atom. The number of amides is 2. The van der Waals surface area contributed by atoms with Gasteiger partial charge in [0.2, 0.25) is 0 Å². The van der Waals surface area contributed by atoms with Gasteiger partial charge >= 0.3 is 6.09 Å². The fourth-order valence-electron chi connectivity index (χ4n) is 2.64. The van der Waals surface area contributed by atoms with E-state index in [1.54, 1.807) is 26.2 Å². The van der Waals surface area contributed by atoms with Crippen LogP contribution in [0.2, 0.25) is 0 Å². The van der Waals surface area contributed by atoms with Crippen LogP contribution in [0.4, 0.5) is 4.79 Å². The summed E-state index contributed by atoms with van der Waals surface area (Å²) in [5.41, 5.74) is 1.72. The maximum Gasteiger partial charge on any atom is 0.407 e. The van der Waals surface area contributed by atoms with E-state index in [0.717, 1.165) is 5.69 Å². The molecule has 8 nitrogen and oxygen atoms in total. The second-order valence-electron chi connectivity index (χ2n) is 6.99. The van der Waals surface area contributed by atoms with Crippen molar-refractivity contribution < 1.29 is 14.7 Å². The average molecular weight is 323 g/mol. The molecule has 2 rings (SSSR count). The molecule has 0 saturated carbocycles. The molecule has 1 aliphatic heterocycles. The Hall–Kier alpha value is -2.09. The van der Waals surface area contributed by atoms with Crippen molar-refractivity contribution in [3.05, 3.63) is 17.0 Å². The molecule has 1 aliphatic rings. The molecule has 0 spiro atoms. The Labute approximate surface area is 136 Å². The minimum Gasteiger partial charge on any atom is -0.465 e. The van der Waals surface area contributed by atoms with Crippen molar-refractivity contribution in [1.29, 1.82) is 0 Å². The van der Waals surface area contributed by atoms with E-state index in [1.165, 1.54) is 9.91 Å². The van der Waals surface area contributed by atoms with Crippen LogP contribution in [0.25, 0.3) is 0 Å². The van der Waals surface area contributed by atoms with Gasteiger partial charge in [-0.3, -0.25) is 14.5 Å². The number of carbonyl (C=O) groups is 2. The lowest BCUT2D eigenvalue weighted by Gasteiger charge is -2.28. The standard InChI is InChI=1S/C15H25N5O3/c1-15(2,3)20-11-7-8-19(14(22)23)9-10(11)12(16-20)13(21)18(6)17(4)5/h7-9H2,1-6H3,(H,22,23). The predicted octanol–water partition coefficient (Wildman–Crippen LogP) is 1.22. The van der Waals surface area contributed by atoms with Crippen LogP contribution in [0.15, 0.2) is 0 Å². The third-order valence-corrected chi connectivity index (χ3v) is 4.06. The first kappa shape index (κ1) is 17.3. The zero-order valence-corrected chi connectivity index (χ0v) is 14.6. The molecule has 1 aromatic rings. The highest BCUT2D eigenvalue weighted by Gasteiger charge is 2.34. The summed E-state index contributed by atoms with van der Waals surface area (Å²) in [6, 6.07) is 0. The van der Waals surface area contributed by atoms with Crippen molar-refractivity contribution in [2.45, 2.75) is 39.3 Å². The van der Waals surface area contributed by atoms with E-state index in [4.69, 9.17) is 0 Å². The molecule has 1 N–H and O–H groups in total. The normalized spacial score (nSPS) is 14.8.